The Hall–Kier alpha value is -1.22. The molecule has 1 heterocycles. The number of hydrogen-bond donors (Lipinski definition) is 1. The Morgan fingerprint density at radius 1 is 1.44 bits per heavy atom. The van der Waals surface area contributed by atoms with E-state index in [1.54, 1.807) is 7.11 Å². The molecule has 1 N–H and O–H groups in total. The van der Waals surface area contributed by atoms with Gasteiger partial charge in [0.25, 0.3) is 0 Å². The van der Waals surface area contributed by atoms with Crippen LogP contribution < -0.4 is 9.64 Å². The third-order valence-corrected chi connectivity index (χ3v) is 3.24. The van der Waals surface area contributed by atoms with Gasteiger partial charge in [-0.3, -0.25) is 0 Å². The topological polar surface area (TPSA) is 32.7 Å². The molecule has 0 aliphatic carbocycles. The number of aliphatic hydroxyl groups excluding tert-OH is 1. The summed E-state index contributed by atoms with van der Waals surface area (Å²) in [5.74, 6) is 0.925. The van der Waals surface area contributed by atoms with Gasteiger partial charge in [-0.2, -0.15) is 0 Å². The van der Waals surface area contributed by atoms with E-state index in [0.29, 0.717) is 6.54 Å². The van der Waals surface area contributed by atoms with Gasteiger partial charge < -0.3 is 14.7 Å². The van der Waals surface area contributed by atoms with Gasteiger partial charge in [0.2, 0.25) is 0 Å². The highest BCUT2D eigenvalue weighted by atomic mass is 16.5. The van der Waals surface area contributed by atoms with Gasteiger partial charge in [0.1, 0.15) is 5.75 Å². The Kier molecular flexibility index (Phi) is 3.34. The zero-order valence-corrected chi connectivity index (χ0v) is 9.99. The number of methoxy groups -OCH3 is 1. The van der Waals surface area contributed by atoms with E-state index in [-0.39, 0.29) is 6.61 Å². The lowest BCUT2D eigenvalue weighted by molar-refractivity contribution is 0.300. The molecule has 0 aromatic heterocycles. The summed E-state index contributed by atoms with van der Waals surface area (Å²) in [5.41, 5.74) is 3.88. The zero-order valence-electron chi connectivity index (χ0n) is 9.99. The Bertz CT molecular complexity index is 376. The predicted octanol–water partition coefficient (Wildman–Crippen LogP) is 1.75. The van der Waals surface area contributed by atoms with Crippen LogP contribution in [0.25, 0.3) is 0 Å². The fourth-order valence-corrected chi connectivity index (χ4v) is 2.45. The van der Waals surface area contributed by atoms with Crippen molar-refractivity contribution in [3.63, 3.8) is 0 Å². The van der Waals surface area contributed by atoms with Gasteiger partial charge in [-0.15, -0.1) is 0 Å². The summed E-state index contributed by atoms with van der Waals surface area (Å²) >= 11 is 0. The van der Waals surface area contributed by atoms with E-state index < -0.39 is 0 Å². The highest BCUT2D eigenvalue weighted by Gasteiger charge is 2.21. The summed E-state index contributed by atoms with van der Waals surface area (Å²) in [6.07, 6.45) is 2.27. The van der Waals surface area contributed by atoms with Gasteiger partial charge in [-0.1, -0.05) is 6.07 Å². The van der Waals surface area contributed by atoms with E-state index in [1.165, 1.54) is 16.8 Å². The molecule has 0 unspecified atom stereocenters. The largest absolute Gasteiger partial charge is 0.495 e. The fourth-order valence-electron chi connectivity index (χ4n) is 2.45. The van der Waals surface area contributed by atoms with E-state index in [1.807, 2.05) is 6.07 Å². The monoisotopic (exact) mass is 221 g/mol. The number of rotatable bonds is 3. The lowest BCUT2D eigenvalue weighted by Crippen LogP contribution is -2.32. The molecule has 3 nitrogen and oxygen atoms in total. The Morgan fingerprint density at radius 2 is 2.25 bits per heavy atom. The van der Waals surface area contributed by atoms with Crippen LogP contribution in [0.3, 0.4) is 0 Å². The predicted molar refractivity (Wildman–Crippen MR) is 65.4 cm³/mol. The first-order valence-corrected chi connectivity index (χ1v) is 5.80. The SMILES string of the molecule is COc1ccc(C)c2c1N(CCO)CCC2. The second-order valence-electron chi connectivity index (χ2n) is 4.23. The minimum Gasteiger partial charge on any atom is -0.495 e. The second kappa shape index (κ2) is 4.74. The third kappa shape index (κ3) is 1.87. The van der Waals surface area contributed by atoms with E-state index in [0.717, 1.165) is 25.1 Å². The molecule has 0 radical (unpaired) electrons. The number of β-amino-alcohol motifs (C(OH)–C–C–N with tert-alkyl or cyclic N) is 1. The van der Waals surface area contributed by atoms with Crippen LogP contribution in [0, 0.1) is 6.92 Å². The quantitative estimate of drug-likeness (QED) is 0.844. The minimum atomic E-state index is 0.191. The van der Waals surface area contributed by atoms with Gasteiger partial charge >= 0.3 is 0 Å². The fraction of sp³-hybridized carbons (Fsp3) is 0.538. The van der Waals surface area contributed by atoms with Crippen LogP contribution in [-0.2, 0) is 6.42 Å². The van der Waals surface area contributed by atoms with Crippen LogP contribution in [0.5, 0.6) is 5.75 Å². The van der Waals surface area contributed by atoms with Crippen LogP contribution in [0.2, 0.25) is 0 Å². The minimum absolute atomic E-state index is 0.191. The van der Waals surface area contributed by atoms with Crippen molar-refractivity contribution in [1.29, 1.82) is 0 Å². The van der Waals surface area contributed by atoms with Crippen molar-refractivity contribution < 1.29 is 9.84 Å². The van der Waals surface area contributed by atoms with Crippen molar-refractivity contribution in [3.05, 3.63) is 23.3 Å². The third-order valence-electron chi connectivity index (χ3n) is 3.24. The van der Waals surface area contributed by atoms with Gasteiger partial charge in [0, 0.05) is 13.1 Å². The molecule has 0 spiro atoms. The first-order valence-electron chi connectivity index (χ1n) is 5.80. The van der Waals surface area contributed by atoms with Gasteiger partial charge in [0.05, 0.1) is 19.4 Å². The van der Waals surface area contributed by atoms with E-state index in [9.17, 15) is 0 Å². The molecule has 1 aromatic rings. The standard InChI is InChI=1S/C13H19NO2/c1-10-5-6-12(16-2)13-11(10)4-3-7-14(13)8-9-15/h5-6,15H,3-4,7-9H2,1-2H3. The lowest BCUT2D eigenvalue weighted by Gasteiger charge is -2.33. The van der Waals surface area contributed by atoms with Gasteiger partial charge in [-0.05, 0) is 37.0 Å². The number of anilines is 1. The number of hydrogen-bond acceptors (Lipinski definition) is 3. The Morgan fingerprint density at radius 3 is 2.94 bits per heavy atom. The summed E-state index contributed by atoms with van der Waals surface area (Å²) in [6, 6.07) is 4.13. The van der Waals surface area contributed by atoms with Crippen LogP contribution >= 0.6 is 0 Å². The molecule has 0 atom stereocenters. The molecule has 1 aliphatic heterocycles. The van der Waals surface area contributed by atoms with Crippen LogP contribution in [-0.4, -0.2) is 31.9 Å². The van der Waals surface area contributed by atoms with E-state index >= 15 is 0 Å². The van der Waals surface area contributed by atoms with Crippen molar-refractivity contribution >= 4 is 5.69 Å². The Balaban J connectivity index is 2.47. The molecule has 88 valence electrons. The molecule has 0 saturated heterocycles. The summed E-state index contributed by atoms with van der Waals surface area (Å²) in [4.78, 5) is 2.23. The number of ether oxygens (including phenoxy) is 1. The summed E-state index contributed by atoms with van der Waals surface area (Å²) in [7, 11) is 1.71. The lowest BCUT2D eigenvalue weighted by atomic mass is 9.96. The highest BCUT2D eigenvalue weighted by molar-refractivity contribution is 5.67. The second-order valence-corrected chi connectivity index (χ2v) is 4.23. The van der Waals surface area contributed by atoms with Crippen molar-refractivity contribution in [2.45, 2.75) is 19.8 Å². The van der Waals surface area contributed by atoms with Crippen molar-refractivity contribution in [2.75, 3.05) is 31.7 Å². The molecule has 0 amide bonds. The number of aryl methyl sites for hydroxylation is 1. The summed E-state index contributed by atoms with van der Waals surface area (Å²) < 4.78 is 5.42. The maximum atomic E-state index is 9.09. The molecule has 0 saturated carbocycles. The maximum Gasteiger partial charge on any atom is 0.142 e. The molecular weight excluding hydrogens is 202 g/mol. The van der Waals surface area contributed by atoms with Gasteiger partial charge in [-0.25, -0.2) is 0 Å². The molecular formula is C13H19NO2. The highest BCUT2D eigenvalue weighted by Crippen LogP contribution is 2.37. The molecule has 0 bridgehead atoms. The first kappa shape index (κ1) is 11.3. The van der Waals surface area contributed by atoms with Gasteiger partial charge in [0.15, 0.2) is 0 Å². The number of aliphatic hydroxyl groups is 1. The molecule has 1 aromatic carbocycles. The molecule has 3 heteroatoms. The average Bonchev–Trinajstić information content (AvgIpc) is 2.31. The summed E-state index contributed by atoms with van der Waals surface area (Å²) in [6.45, 7) is 4.03. The van der Waals surface area contributed by atoms with Crippen molar-refractivity contribution in [2.24, 2.45) is 0 Å². The number of benzene rings is 1. The number of fused-ring (bicyclic) bond motifs is 1. The molecule has 0 fully saturated rings. The number of nitrogens with zero attached hydrogens (tertiary/aromatic N) is 1. The average molecular weight is 221 g/mol. The molecule has 16 heavy (non-hydrogen) atoms. The zero-order chi connectivity index (χ0) is 11.5. The maximum absolute atomic E-state index is 9.09. The van der Waals surface area contributed by atoms with Crippen molar-refractivity contribution in [3.8, 4) is 5.75 Å². The molecule has 1 aliphatic rings. The molecule has 2 rings (SSSR count). The van der Waals surface area contributed by atoms with Crippen LogP contribution in [0.15, 0.2) is 12.1 Å². The van der Waals surface area contributed by atoms with Crippen LogP contribution in [0.4, 0.5) is 5.69 Å². The normalized spacial score (nSPS) is 14.8. The van der Waals surface area contributed by atoms with E-state index in [4.69, 9.17) is 9.84 Å². The Labute approximate surface area is 96.6 Å². The summed E-state index contributed by atoms with van der Waals surface area (Å²) in [5, 5.41) is 9.09. The smallest absolute Gasteiger partial charge is 0.142 e. The van der Waals surface area contributed by atoms with Crippen LogP contribution in [0.1, 0.15) is 17.5 Å². The first-order chi connectivity index (χ1) is 7.77. The van der Waals surface area contributed by atoms with E-state index in [2.05, 4.69) is 17.9 Å². The van der Waals surface area contributed by atoms with Crippen molar-refractivity contribution in [1.82, 2.24) is 0 Å².